The van der Waals surface area contributed by atoms with Gasteiger partial charge in [-0.2, -0.15) is 0 Å². The predicted molar refractivity (Wildman–Crippen MR) is 101 cm³/mol. The van der Waals surface area contributed by atoms with Gasteiger partial charge in [-0.3, -0.25) is 10.1 Å². The number of nitrogens with zero attached hydrogens (tertiary/aromatic N) is 3. The zero-order valence-electron chi connectivity index (χ0n) is 13.7. The van der Waals surface area contributed by atoms with E-state index in [-0.39, 0.29) is 5.69 Å². The van der Waals surface area contributed by atoms with E-state index in [9.17, 15) is 10.1 Å². The number of nitrogens with one attached hydrogen (secondary N) is 1. The fourth-order valence-electron chi connectivity index (χ4n) is 2.72. The summed E-state index contributed by atoms with van der Waals surface area (Å²) < 4.78 is 0. The fourth-order valence-corrected chi connectivity index (χ4v) is 2.72. The number of anilines is 2. The molecule has 4 rings (SSSR count). The largest absolute Gasteiger partial charge is 0.340 e. The number of rotatable bonds is 4. The van der Waals surface area contributed by atoms with Crippen LogP contribution in [0.5, 0.6) is 0 Å². The minimum absolute atomic E-state index is 0.0110. The molecule has 0 aliphatic carbocycles. The van der Waals surface area contributed by atoms with Gasteiger partial charge in [0.2, 0.25) is 0 Å². The highest BCUT2D eigenvalue weighted by atomic mass is 16.6. The lowest BCUT2D eigenvalue weighted by molar-refractivity contribution is -0.384. The van der Waals surface area contributed by atoms with E-state index in [4.69, 9.17) is 0 Å². The lowest BCUT2D eigenvalue weighted by atomic mass is 10.1. The Morgan fingerprint density at radius 3 is 2.42 bits per heavy atom. The first-order chi connectivity index (χ1) is 12.7. The summed E-state index contributed by atoms with van der Waals surface area (Å²) >= 11 is 0. The van der Waals surface area contributed by atoms with E-state index in [0.717, 1.165) is 16.6 Å². The molecule has 1 N–H and O–H groups in total. The molecule has 6 heteroatoms. The molecule has 0 saturated heterocycles. The molecule has 0 aliphatic heterocycles. The van der Waals surface area contributed by atoms with E-state index in [1.54, 1.807) is 12.1 Å². The SMILES string of the molecule is O=[N+]([O-])c1cccc(-c2nc(Nc3ccccc3)c3ccccc3n2)c1. The number of non-ortho nitro benzene ring substituents is 1. The summed E-state index contributed by atoms with van der Waals surface area (Å²) in [7, 11) is 0. The molecule has 0 bridgehead atoms. The van der Waals surface area contributed by atoms with Crippen molar-refractivity contribution in [3.8, 4) is 11.4 Å². The maximum atomic E-state index is 11.1. The highest BCUT2D eigenvalue weighted by Crippen LogP contribution is 2.28. The molecule has 0 spiro atoms. The van der Waals surface area contributed by atoms with Gasteiger partial charge in [-0.25, -0.2) is 9.97 Å². The summed E-state index contributed by atoms with van der Waals surface area (Å²) in [5.41, 5.74) is 2.28. The van der Waals surface area contributed by atoms with Crippen LogP contribution < -0.4 is 5.32 Å². The van der Waals surface area contributed by atoms with Crippen molar-refractivity contribution in [2.24, 2.45) is 0 Å². The van der Waals surface area contributed by atoms with Crippen molar-refractivity contribution < 1.29 is 4.92 Å². The molecule has 6 nitrogen and oxygen atoms in total. The van der Waals surface area contributed by atoms with Gasteiger partial charge in [0.15, 0.2) is 5.82 Å². The van der Waals surface area contributed by atoms with Crippen LogP contribution in [-0.4, -0.2) is 14.9 Å². The van der Waals surface area contributed by atoms with Crippen LogP contribution in [0.3, 0.4) is 0 Å². The van der Waals surface area contributed by atoms with Gasteiger partial charge in [-0.05, 0) is 24.3 Å². The minimum Gasteiger partial charge on any atom is -0.340 e. The molecule has 4 aromatic rings. The van der Waals surface area contributed by atoms with E-state index in [0.29, 0.717) is 17.2 Å². The van der Waals surface area contributed by atoms with Crippen molar-refractivity contribution in [3.05, 3.63) is 89.0 Å². The number of para-hydroxylation sites is 2. The second-order valence-electron chi connectivity index (χ2n) is 5.71. The monoisotopic (exact) mass is 342 g/mol. The van der Waals surface area contributed by atoms with Gasteiger partial charge >= 0.3 is 0 Å². The molecule has 3 aromatic carbocycles. The van der Waals surface area contributed by atoms with Crippen LogP contribution in [0.4, 0.5) is 17.2 Å². The van der Waals surface area contributed by atoms with E-state index >= 15 is 0 Å². The summed E-state index contributed by atoms with van der Waals surface area (Å²) in [5.74, 6) is 1.09. The number of fused-ring (bicyclic) bond motifs is 1. The van der Waals surface area contributed by atoms with E-state index in [1.165, 1.54) is 12.1 Å². The van der Waals surface area contributed by atoms with Crippen molar-refractivity contribution in [2.45, 2.75) is 0 Å². The molecular weight excluding hydrogens is 328 g/mol. The van der Waals surface area contributed by atoms with Crippen LogP contribution in [-0.2, 0) is 0 Å². The quantitative estimate of drug-likeness (QED) is 0.419. The summed E-state index contributed by atoms with van der Waals surface area (Å²) in [6.45, 7) is 0. The second kappa shape index (κ2) is 6.60. The van der Waals surface area contributed by atoms with Crippen LogP contribution >= 0.6 is 0 Å². The van der Waals surface area contributed by atoms with Crippen molar-refractivity contribution in [3.63, 3.8) is 0 Å². The summed E-state index contributed by atoms with van der Waals surface area (Å²) in [5, 5.41) is 15.2. The van der Waals surface area contributed by atoms with Crippen LogP contribution in [0, 0.1) is 10.1 Å². The Morgan fingerprint density at radius 1 is 0.846 bits per heavy atom. The van der Waals surface area contributed by atoms with Gasteiger partial charge in [-0.1, -0.05) is 42.5 Å². The molecule has 0 unspecified atom stereocenters. The van der Waals surface area contributed by atoms with E-state index in [2.05, 4.69) is 15.3 Å². The number of hydrogen-bond donors (Lipinski definition) is 1. The molecule has 0 radical (unpaired) electrons. The number of benzene rings is 3. The Balaban J connectivity index is 1.86. The smallest absolute Gasteiger partial charge is 0.270 e. The van der Waals surface area contributed by atoms with Gasteiger partial charge in [0.05, 0.1) is 10.4 Å². The molecule has 1 aromatic heterocycles. The van der Waals surface area contributed by atoms with Crippen LogP contribution in [0.15, 0.2) is 78.9 Å². The molecule has 126 valence electrons. The first-order valence-electron chi connectivity index (χ1n) is 8.04. The van der Waals surface area contributed by atoms with Gasteiger partial charge in [0.25, 0.3) is 5.69 Å². The summed E-state index contributed by atoms with van der Waals surface area (Å²) in [6, 6.07) is 23.7. The second-order valence-corrected chi connectivity index (χ2v) is 5.71. The Kier molecular flexibility index (Phi) is 3.99. The van der Waals surface area contributed by atoms with E-state index in [1.807, 2.05) is 54.6 Å². The highest BCUT2D eigenvalue weighted by molar-refractivity contribution is 5.92. The van der Waals surface area contributed by atoms with Gasteiger partial charge < -0.3 is 5.32 Å². The molecule has 26 heavy (non-hydrogen) atoms. The Bertz CT molecular complexity index is 1100. The number of nitro groups is 1. The van der Waals surface area contributed by atoms with Gasteiger partial charge in [0.1, 0.15) is 5.82 Å². The van der Waals surface area contributed by atoms with Crippen LogP contribution in [0.2, 0.25) is 0 Å². The Labute approximate surface area is 149 Å². The number of nitro benzene ring substituents is 1. The predicted octanol–water partition coefficient (Wildman–Crippen LogP) is 4.95. The third kappa shape index (κ3) is 3.08. The van der Waals surface area contributed by atoms with Crippen LogP contribution in [0.1, 0.15) is 0 Å². The molecule has 0 aliphatic rings. The lowest BCUT2D eigenvalue weighted by Crippen LogP contribution is -1.99. The maximum absolute atomic E-state index is 11.1. The van der Waals surface area contributed by atoms with Gasteiger partial charge in [0, 0.05) is 28.8 Å². The molecule has 0 saturated carbocycles. The molecular formula is C20H14N4O2. The van der Waals surface area contributed by atoms with Crippen molar-refractivity contribution in [2.75, 3.05) is 5.32 Å². The summed E-state index contributed by atoms with van der Waals surface area (Å²) in [6.07, 6.45) is 0. The average molecular weight is 342 g/mol. The van der Waals surface area contributed by atoms with Gasteiger partial charge in [-0.15, -0.1) is 0 Å². The topological polar surface area (TPSA) is 81.0 Å². The zero-order chi connectivity index (χ0) is 17.9. The zero-order valence-corrected chi connectivity index (χ0v) is 13.7. The van der Waals surface area contributed by atoms with Crippen LogP contribution in [0.25, 0.3) is 22.3 Å². The third-order valence-electron chi connectivity index (χ3n) is 3.95. The standard InChI is InChI=1S/C20H14N4O2/c25-24(26)16-10-6-7-14(13-16)19-22-18-12-5-4-11-17(18)20(23-19)21-15-8-2-1-3-9-15/h1-13H,(H,21,22,23). The Hall–Kier alpha value is -3.80. The van der Waals surface area contributed by atoms with E-state index < -0.39 is 4.92 Å². The molecule has 0 amide bonds. The minimum atomic E-state index is -0.423. The molecule has 0 atom stereocenters. The third-order valence-corrected chi connectivity index (χ3v) is 3.95. The Morgan fingerprint density at radius 2 is 1.62 bits per heavy atom. The van der Waals surface area contributed by atoms with Crippen molar-refractivity contribution >= 4 is 28.1 Å². The maximum Gasteiger partial charge on any atom is 0.270 e. The number of aromatic nitrogens is 2. The molecule has 0 fully saturated rings. The fraction of sp³-hybridized carbons (Fsp3) is 0. The number of hydrogen-bond acceptors (Lipinski definition) is 5. The molecule has 1 heterocycles. The first-order valence-corrected chi connectivity index (χ1v) is 8.04. The highest BCUT2D eigenvalue weighted by Gasteiger charge is 2.12. The lowest BCUT2D eigenvalue weighted by Gasteiger charge is -2.11. The normalized spacial score (nSPS) is 10.6. The van der Waals surface area contributed by atoms with Crippen molar-refractivity contribution in [1.29, 1.82) is 0 Å². The first kappa shape index (κ1) is 15.7. The van der Waals surface area contributed by atoms with Crippen molar-refractivity contribution in [1.82, 2.24) is 9.97 Å². The summed E-state index contributed by atoms with van der Waals surface area (Å²) in [4.78, 5) is 19.8. The average Bonchev–Trinajstić information content (AvgIpc) is 2.69.